The summed E-state index contributed by atoms with van der Waals surface area (Å²) < 4.78 is 28.4. The van der Waals surface area contributed by atoms with Crippen LogP contribution in [0.15, 0.2) is 79.0 Å². The van der Waals surface area contributed by atoms with E-state index in [4.69, 9.17) is 0 Å². The van der Waals surface area contributed by atoms with Gasteiger partial charge >= 0.3 is 0 Å². The molecule has 2 N–H and O–H groups in total. The number of carbonyl (C=O) groups is 1. The minimum Gasteiger partial charge on any atom is -0.365 e. The van der Waals surface area contributed by atoms with Crippen molar-refractivity contribution in [3.63, 3.8) is 0 Å². The Morgan fingerprint density at radius 2 is 1.66 bits per heavy atom. The summed E-state index contributed by atoms with van der Waals surface area (Å²) in [6, 6.07) is 21.2. The summed E-state index contributed by atoms with van der Waals surface area (Å²) in [5, 5.41) is 5.82. The zero-order chi connectivity index (χ0) is 24.2. The molecule has 1 aliphatic rings. The lowest BCUT2D eigenvalue weighted by atomic mass is 10.2. The number of hydrogen-bond acceptors (Lipinski definition) is 5. The lowest BCUT2D eigenvalue weighted by Crippen LogP contribution is -2.26. The molecule has 6 nitrogen and oxygen atoms in total. The van der Waals surface area contributed by atoms with Gasteiger partial charge in [0.05, 0.1) is 0 Å². The van der Waals surface area contributed by atoms with Crippen LogP contribution in [0.5, 0.6) is 0 Å². The molecule has 5 rings (SSSR count). The number of amides is 1. The molecule has 4 aromatic rings. The van der Waals surface area contributed by atoms with Crippen LogP contribution in [0.2, 0.25) is 0 Å². The summed E-state index contributed by atoms with van der Waals surface area (Å²) in [4.78, 5) is 24.0. The van der Waals surface area contributed by atoms with Crippen molar-refractivity contribution < 1.29 is 13.6 Å². The lowest BCUT2D eigenvalue weighted by Gasteiger charge is -2.19. The topological polar surface area (TPSA) is 70.2 Å². The van der Waals surface area contributed by atoms with Gasteiger partial charge in [0.25, 0.3) is 5.91 Å². The Morgan fingerprint density at radius 1 is 0.914 bits per heavy atom. The minimum absolute atomic E-state index is 0.130. The molecular weight excluding hydrogens is 448 g/mol. The Hall–Kier alpha value is -4.33. The quantitative estimate of drug-likeness (QED) is 0.397. The third-order valence-electron chi connectivity index (χ3n) is 5.94. The molecular formula is C27H23F2N5O. The SMILES string of the molecule is O=C(NCc1ccccc1)c1cnc(N2CCc3ccccc32)nc1NCc1c(F)cccc1F. The molecule has 1 aromatic heterocycles. The van der Waals surface area contributed by atoms with Crippen molar-refractivity contribution in [3.8, 4) is 0 Å². The molecule has 2 heterocycles. The smallest absolute Gasteiger partial charge is 0.256 e. The summed E-state index contributed by atoms with van der Waals surface area (Å²) in [5.41, 5.74) is 3.18. The second-order valence-corrected chi connectivity index (χ2v) is 8.18. The average molecular weight is 472 g/mol. The third-order valence-corrected chi connectivity index (χ3v) is 5.94. The number of benzene rings is 3. The Labute approximate surface area is 201 Å². The van der Waals surface area contributed by atoms with E-state index in [-0.39, 0.29) is 23.5 Å². The molecule has 0 atom stereocenters. The fourth-order valence-corrected chi connectivity index (χ4v) is 4.10. The largest absolute Gasteiger partial charge is 0.365 e. The van der Waals surface area contributed by atoms with Crippen LogP contribution in [0.3, 0.4) is 0 Å². The summed E-state index contributed by atoms with van der Waals surface area (Å²) in [6.07, 6.45) is 2.30. The number of anilines is 3. The summed E-state index contributed by atoms with van der Waals surface area (Å²) in [5.74, 6) is -1.12. The fourth-order valence-electron chi connectivity index (χ4n) is 4.10. The minimum atomic E-state index is -0.671. The lowest BCUT2D eigenvalue weighted by molar-refractivity contribution is 0.0951. The molecule has 1 amide bonds. The first-order valence-corrected chi connectivity index (χ1v) is 11.3. The van der Waals surface area contributed by atoms with E-state index in [1.165, 1.54) is 30.0 Å². The van der Waals surface area contributed by atoms with Gasteiger partial charge in [-0.1, -0.05) is 54.6 Å². The first-order valence-electron chi connectivity index (χ1n) is 11.3. The maximum atomic E-state index is 14.2. The Balaban J connectivity index is 1.44. The van der Waals surface area contributed by atoms with E-state index in [9.17, 15) is 13.6 Å². The van der Waals surface area contributed by atoms with Gasteiger partial charge in [0, 0.05) is 37.1 Å². The average Bonchev–Trinajstić information content (AvgIpc) is 3.32. The molecule has 3 aromatic carbocycles. The highest BCUT2D eigenvalue weighted by Gasteiger charge is 2.24. The van der Waals surface area contributed by atoms with Gasteiger partial charge in [-0.3, -0.25) is 4.79 Å². The number of carbonyl (C=O) groups excluding carboxylic acids is 1. The van der Waals surface area contributed by atoms with E-state index in [1.807, 2.05) is 53.4 Å². The maximum absolute atomic E-state index is 14.2. The van der Waals surface area contributed by atoms with Gasteiger partial charge in [-0.05, 0) is 35.7 Å². The maximum Gasteiger partial charge on any atom is 0.256 e. The molecule has 0 spiro atoms. The molecule has 8 heteroatoms. The van der Waals surface area contributed by atoms with Gasteiger partial charge in [0.1, 0.15) is 23.0 Å². The van der Waals surface area contributed by atoms with Crippen molar-refractivity contribution in [1.29, 1.82) is 0 Å². The molecule has 176 valence electrons. The Morgan fingerprint density at radius 3 is 2.46 bits per heavy atom. The van der Waals surface area contributed by atoms with E-state index in [1.54, 1.807) is 0 Å². The van der Waals surface area contributed by atoms with E-state index in [0.717, 1.165) is 17.7 Å². The van der Waals surface area contributed by atoms with Crippen LogP contribution in [-0.2, 0) is 19.5 Å². The number of para-hydroxylation sites is 1. The normalized spacial score (nSPS) is 12.3. The zero-order valence-corrected chi connectivity index (χ0v) is 18.8. The fraction of sp³-hybridized carbons (Fsp3) is 0.148. The number of rotatable bonds is 7. The summed E-state index contributed by atoms with van der Waals surface area (Å²) >= 11 is 0. The van der Waals surface area contributed by atoms with Crippen LogP contribution in [0.25, 0.3) is 0 Å². The summed E-state index contributed by atoms with van der Waals surface area (Å²) in [7, 11) is 0. The van der Waals surface area contributed by atoms with Crippen molar-refractivity contribution in [2.75, 3.05) is 16.8 Å². The molecule has 0 saturated heterocycles. The number of halogens is 2. The van der Waals surface area contributed by atoms with Crippen LogP contribution >= 0.6 is 0 Å². The van der Waals surface area contributed by atoms with Crippen molar-refractivity contribution in [1.82, 2.24) is 15.3 Å². The summed E-state index contributed by atoms with van der Waals surface area (Å²) in [6.45, 7) is 0.840. The Kier molecular flexibility index (Phi) is 6.34. The van der Waals surface area contributed by atoms with Crippen molar-refractivity contribution in [2.24, 2.45) is 0 Å². The van der Waals surface area contributed by atoms with Crippen LogP contribution in [0.4, 0.5) is 26.2 Å². The molecule has 0 radical (unpaired) electrons. The number of hydrogen-bond donors (Lipinski definition) is 2. The molecule has 0 fully saturated rings. The van der Waals surface area contributed by atoms with Crippen LogP contribution in [0, 0.1) is 11.6 Å². The van der Waals surface area contributed by atoms with E-state index >= 15 is 0 Å². The second-order valence-electron chi connectivity index (χ2n) is 8.18. The highest BCUT2D eigenvalue weighted by molar-refractivity contribution is 5.98. The van der Waals surface area contributed by atoms with Crippen LogP contribution < -0.4 is 15.5 Å². The first-order chi connectivity index (χ1) is 17.1. The first kappa shape index (κ1) is 22.5. The van der Waals surface area contributed by atoms with Crippen molar-refractivity contribution >= 4 is 23.4 Å². The number of nitrogens with zero attached hydrogens (tertiary/aromatic N) is 3. The molecule has 0 saturated carbocycles. The van der Waals surface area contributed by atoms with Gasteiger partial charge in [0.2, 0.25) is 5.95 Å². The van der Waals surface area contributed by atoms with Crippen LogP contribution in [0.1, 0.15) is 27.0 Å². The highest BCUT2D eigenvalue weighted by atomic mass is 19.1. The zero-order valence-electron chi connectivity index (χ0n) is 18.8. The predicted molar refractivity (Wildman–Crippen MR) is 130 cm³/mol. The van der Waals surface area contributed by atoms with E-state index in [2.05, 4.69) is 26.7 Å². The third kappa shape index (κ3) is 4.82. The molecule has 0 bridgehead atoms. The van der Waals surface area contributed by atoms with Gasteiger partial charge in [-0.15, -0.1) is 0 Å². The predicted octanol–water partition coefficient (Wildman–Crippen LogP) is 4.99. The number of aromatic nitrogens is 2. The van der Waals surface area contributed by atoms with Gasteiger partial charge in [0.15, 0.2) is 0 Å². The highest BCUT2D eigenvalue weighted by Crippen LogP contribution is 2.33. The van der Waals surface area contributed by atoms with Gasteiger partial charge in [-0.25, -0.2) is 13.8 Å². The molecule has 0 aliphatic carbocycles. The molecule has 0 unspecified atom stereocenters. The van der Waals surface area contributed by atoms with E-state index in [0.29, 0.717) is 19.0 Å². The monoisotopic (exact) mass is 471 g/mol. The number of fused-ring (bicyclic) bond motifs is 1. The van der Waals surface area contributed by atoms with Gasteiger partial charge in [-0.2, -0.15) is 4.98 Å². The van der Waals surface area contributed by atoms with Crippen molar-refractivity contribution in [2.45, 2.75) is 19.5 Å². The molecule has 1 aliphatic heterocycles. The van der Waals surface area contributed by atoms with E-state index < -0.39 is 17.5 Å². The second kappa shape index (κ2) is 9.89. The molecule has 35 heavy (non-hydrogen) atoms. The Bertz CT molecular complexity index is 1340. The van der Waals surface area contributed by atoms with Crippen molar-refractivity contribution in [3.05, 3.63) is 113 Å². The van der Waals surface area contributed by atoms with Crippen LogP contribution in [-0.4, -0.2) is 22.4 Å². The standard InChI is InChI=1S/C27H23F2N5O/c28-22-10-6-11-23(29)20(22)16-30-25-21(26(35)31-15-18-7-2-1-3-8-18)17-32-27(33-25)34-14-13-19-9-4-5-12-24(19)34/h1-12,17H,13-16H2,(H,31,35)(H,30,32,33). The van der Waals surface area contributed by atoms with Gasteiger partial charge < -0.3 is 15.5 Å². The number of nitrogens with one attached hydrogen (secondary N) is 2.